The number of rotatable bonds is 6. The van der Waals surface area contributed by atoms with Crippen LogP contribution in [0.5, 0.6) is 0 Å². The van der Waals surface area contributed by atoms with Gasteiger partial charge in [0.15, 0.2) is 5.96 Å². The van der Waals surface area contributed by atoms with Crippen molar-refractivity contribution in [3.05, 3.63) is 64.4 Å². The Kier molecular flexibility index (Phi) is 8.26. The van der Waals surface area contributed by atoms with Crippen LogP contribution in [0.15, 0.2) is 47.6 Å². The molecule has 2 heterocycles. The van der Waals surface area contributed by atoms with E-state index in [1.807, 2.05) is 49.1 Å². The second-order valence-electron chi connectivity index (χ2n) is 7.76. The molecule has 2 aromatic rings. The van der Waals surface area contributed by atoms with E-state index in [1.54, 1.807) is 19.3 Å². The van der Waals surface area contributed by atoms with Crippen molar-refractivity contribution >= 4 is 23.5 Å². The molecule has 2 N–H and O–H groups in total. The summed E-state index contributed by atoms with van der Waals surface area (Å²) < 4.78 is 5.72. The fraction of sp³-hybridized carbons (Fsp3) is 0.435. The van der Waals surface area contributed by atoms with Crippen LogP contribution in [0.2, 0.25) is 5.15 Å². The van der Waals surface area contributed by atoms with Gasteiger partial charge in [-0.25, -0.2) is 4.98 Å². The molecule has 1 aromatic carbocycles. The van der Waals surface area contributed by atoms with Gasteiger partial charge in [-0.1, -0.05) is 29.8 Å². The van der Waals surface area contributed by atoms with Crippen LogP contribution in [0.1, 0.15) is 35.3 Å². The lowest BCUT2D eigenvalue weighted by atomic mass is 10.1. The molecule has 3 rings (SSSR count). The summed E-state index contributed by atoms with van der Waals surface area (Å²) >= 11 is 5.81. The molecule has 2 atom stereocenters. The van der Waals surface area contributed by atoms with E-state index in [-0.39, 0.29) is 18.1 Å². The van der Waals surface area contributed by atoms with Crippen molar-refractivity contribution in [2.24, 2.45) is 4.99 Å². The minimum absolute atomic E-state index is 0.0516. The Balaban J connectivity index is 1.46. The summed E-state index contributed by atoms with van der Waals surface area (Å²) in [6, 6.07) is 11.5. The smallest absolute Gasteiger partial charge is 0.254 e. The Morgan fingerprint density at radius 3 is 2.42 bits per heavy atom. The molecule has 0 bridgehead atoms. The number of amides is 1. The second-order valence-corrected chi connectivity index (χ2v) is 8.14. The van der Waals surface area contributed by atoms with Crippen LogP contribution in [0.3, 0.4) is 0 Å². The third kappa shape index (κ3) is 6.94. The highest BCUT2D eigenvalue weighted by Crippen LogP contribution is 2.15. The van der Waals surface area contributed by atoms with Gasteiger partial charge in [0, 0.05) is 45.0 Å². The molecule has 31 heavy (non-hydrogen) atoms. The lowest BCUT2D eigenvalue weighted by Crippen LogP contribution is -2.48. The standard InChI is InChI=1S/C23H30ClN5O2/c1-16-14-29(15-17(2)31-16)22(30)20-7-4-18(5-8-20)13-28-23(25-3)26-11-10-19-6-9-21(24)27-12-19/h4-9,12,16-17H,10-11,13-15H2,1-3H3,(H2,25,26,28). The Labute approximate surface area is 188 Å². The fourth-order valence-electron chi connectivity index (χ4n) is 3.58. The highest BCUT2D eigenvalue weighted by atomic mass is 35.5. The number of halogens is 1. The number of nitrogens with zero attached hydrogens (tertiary/aromatic N) is 3. The van der Waals surface area contributed by atoms with E-state index in [1.165, 1.54) is 0 Å². The average Bonchev–Trinajstić information content (AvgIpc) is 2.76. The van der Waals surface area contributed by atoms with Crippen LogP contribution in [0.25, 0.3) is 0 Å². The van der Waals surface area contributed by atoms with Gasteiger partial charge < -0.3 is 20.3 Å². The first kappa shape index (κ1) is 23.0. The molecule has 0 radical (unpaired) electrons. The van der Waals surface area contributed by atoms with E-state index in [0.29, 0.717) is 30.4 Å². The summed E-state index contributed by atoms with van der Waals surface area (Å²) in [5.74, 6) is 0.772. The number of hydrogen-bond acceptors (Lipinski definition) is 4. The van der Waals surface area contributed by atoms with Gasteiger partial charge in [0.2, 0.25) is 0 Å². The summed E-state index contributed by atoms with van der Waals surface area (Å²) in [6.45, 7) is 6.59. The molecule has 0 spiro atoms. The number of carbonyl (C=O) groups is 1. The minimum atomic E-state index is 0.0516. The number of carbonyl (C=O) groups excluding carboxylic acids is 1. The molecule has 8 heteroatoms. The minimum Gasteiger partial charge on any atom is -0.372 e. The summed E-state index contributed by atoms with van der Waals surface area (Å²) in [4.78, 5) is 23.0. The van der Waals surface area contributed by atoms with Gasteiger partial charge in [-0.05, 0) is 49.6 Å². The first-order valence-electron chi connectivity index (χ1n) is 10.5. The highest BCUT2D eigenvalue weighted by Gasteiger charge is 2.26. The van der Waals surface area contributed by atoms with Crippen molar-refractivity contribution in [1.29, 1.82) is 0 Å². The maximum atomic E-state index is 12.8. The first-order chi connectivity index (χ1) is 14.9. The van der Waals surface area contributed by atoms with Crippen LogP contribution < -0.4 is 10.6 Å². The molecule has 0 saturated carbocycles. The number of guanidine groups is 1. The van der Waals surface area contributed by atoms with Crippen molar-refractivity contribution in [2.45, 2.75) is 39.0 Å². The average molecular weight is 444 g/mol. The molecule has 1 aromatic heterocycles. The number of ether oxygens (including phenoxy) is 1. The Hall–Kier alpha value is -2.64. The van der Waals surface area contributed by atoms with E-state index < -0.39 is 0 Å². The lowest BCUT2D eigenvalue weighted by molar-refractivity contribution is -0.0586. The Morgan fingerprint density at radius 2 is 1.81 bits per heavy atom. The summed E-state index contributed by atoms with van der Waals surface area (Å²) in [5.41, 5.74) is 2.88. The Morgan fingerprint density at radius 1 is 1.13 bits per heavy atom. The van der Waals surface area contributed by atoms with Crippen molar-refractivity contribution in [2.75, 3.05) is 26.7 Å². The quantitative estimate of drug-likeness (QED) is 0.407. The molecule has 1 fully saturated rings. The third-order valence-corrected chi connectivity index (χ3v) is 5.31. The number of pyridine rings is 1. The molecular formula is C23H30ClN5O2. The number of aromatic nitrogens is 1. The number of nitrogens with one attached hydrogen (secondary N) is 2. The van der Waals surface area contributed by atoms with Gasteiger partial charge in [-0.15, -0.1) is 0 Å². The highest BCUT2D eigenvalue weighted by molar-refractivity contribution is 6.29. The van der Waals surface area contributed by atoms with E-state index in [4.69, 9.17) is 16.3 Å². The Bertz CT molecular complexity index is 876. The first-order valence-corrected chi connectivity index (χ1v) is 10.9. The van der Waals surface area contributed by atoms with Crippen LogP contribution in [0, 0.1) is 0 Å². The van der Waals surface area contributed by atoms with Gasteiger partial charge in [0.1, 0.15) is 5.15 Å². The van der Waals surface area contributed by atoms with Gasteiger partial charge >= 0.3 is 0 Å². The molecule has 1 aliphatic rings. The van der Waals surface area contributed by atoms with Crippen LogP contribution >= 0.6 is 11.6 Å². The van der Waals surface area contributed by atoms with E-state index in [0.717, 1.165) is 30.1 Å². The third-order valence-electron chi connectivity index (χ3n) is 5.09. The number of benzene rings is 1. The van der Waals surface area contributed by atoms with Gasteiger partial charge in [-0.2, -0.15) is 0 Å². The van der Waals surface area contributed by atoms with Crippen LogP contribution in [0.4, 0.5) is 0 Å². The van der Waals surface area contributed by atoms with Crippen molar-refractivity contribution < 1.29 is 9.53 Å². The molecule has 1 aliphatic heterocycles. The molecular weight excluding hydrogens is 414 g/mol. The normalized spacial score (nSPS) is 19.2. The SMILES string of the molecule is CN=C(NCCc1ccc(Cl)nc1)NCc1ccc(C(=O)N2CC(C)OC(C)C2)cc1. The van der Waals surface area contributed by atoms with Crippen molar-refractivity contribution in [1.82, 2.24) is 20.5 Å². The van der Waals surface area contributed by atoms with Crippen LogP contribution in [-0.2, 0) is 17.7 Å². The maximum Gasteiger partial charge on any atom is 0.254 e. The van der Waals surface area contributed by atoms with Crippen molar-refractivity contribution in [3.8, 4) is 0 Å². The summed E-state index contributed by atoms with van der Waals surface area (Å²) in [6.07, 6.45) is 2.72. The largest absolute Gasteiger partial charge is 0.372 e. The van der Waals surface area contributed by atoms with E-state index in [2.05, 4.69) is 20.6 Å². The fourth-order valence-corrected chi connectivity index (χ4v) is 3.69. The van der Waals surface area contributed by atoms with Gasteiger partial charge in [0.25, 0.3) is 5.91 Å². The number of aliphatic imine (C=N–C) groups is 1. The van der Waals surface area contributed by atoms with Gasteiger partial charge in [0.05, 0.1) is 12.2 Å². The zero-order valence-corrected chi connectivity index (χ0v) is 19.0. The predicted octanol–water partition coefficient (Wildman–Crippen LogP) is 2.89. The maximum absolute atomic E-state index is 12.8. The predicted molar refractivity (Wildman–Crippen MR) is 124 cm³/mol. The van der Waals surface area contributed by atoms with Crippen molar-refractivity contribution in [3.63, 3.8) is 0 Å². The zero-order chi connectivity index (χ0) is 22.2. The second kappa shape index (κ2) is 11.1. The molecule has 0 aliphatic carbocycles. The molecule has 1 amide bonds. The molecule has 7 nitrogen and oxygen atoms in total. The number of morpholine rings is 1. The topological polar surface area (TPSA) is 78.8 Å². The summed E-state index contributed by atoms with van der Waals surface area (Å²) in [5, 5.41) is 7.08. The van der Waals surface area contributed by atoms with Crippen LogP contribution in [-0.4, -0.2) is 60.6 Å². The zero-order valence-electron chi connectivity index (χ0n) is 18.3. The number of hydrogen-bond donors (Lipinski definition) is 2. The molecule has 166 valence electrons. The molecule has 1 saturated heterocycles. The molecule has 2 unspecified atom stereocenters. The summed E-state index contributed by atoms with van der Waals surface area (Å²) in [7, 11) is 1.74. The van der Waals surface area contributed by atoms with E-state index >= 15 is 0 Å². The monoisotopic (exact) mass is 443 g/mol. The van der Waals surface area contributed by atoms with E-state index in [9.17, 15) is 4.79 Å². The lowest BCUT2D eigenvalue weighted by Gasteiger charge is -2.35. The van der Waals surface area contributed by atoms with Gasteiger partial charge in [-0.3, -0.25) is 9.79 Å².